The van der Waals surface area contributed by atoms with E-state index in [4.69, 9.17) is 0 Å². The molecule has 0 bridgehead atoms. The summed E-state index contributed by atoms with van der Waals surface area (Å²) >= 11 is 0. The Hall–Kier alpha value is -2.36. The van der Waals surface area contributed by atoms with E-state index >= 15 is 0 Å². The van der Waals surface area contributed by atoms with Crippen LogP contribution in [-0.2, 0) is 4.79 Å². The molecular weight excluding hydrogens is 202 g/mol. The van der Waals surface area contributed by atoms with Crippen LogP contribution in [0.3, 0.4) is 0 Å². The van der Waals surface area contributed by atoms with Crippen LogP contribution in [-0.4, -0.2) is 16.1 Å². The number of H-pyrrole nitrogens is 1. The van der Waals surface area contributed by atoms with Gasteiger partial charge in [0.15, 0.2) is 0 Å². The molecule has 0 radical (unpaired) electrons. The van der Waals surface area contributed by atoms with Gasteiger partial charge >= 0.3 is 0 Å². The normalized spacial score (nSPS) is 10.5. The number of benzene rings is 1. The van der Waals surface area contributed by atoms with E-state index in [9.17, 15) is 4.79 Å². The summed E-state index contributed by atoms with van der Waals surface area (Å²) in [5.74, 6) is -0.176. The summed E-state index contributed by atoms with van der Waals surface area (Å²) in [6.45, 7) is 0. The molecule has 0 aliphatic heterocycles. The molecule has 4 heteroatoms. The number of carbonyl (C=O) groups excluding carboxylic acids is 1. The lowest BCUT2D eigenvalue weighted by Gasteiger charge is -1.95. The molecule has 2 aromatic rings. The van der Waals surface area contributed by atoms with Crippen molar-refractivity contribution in [2.75, 3.05) is 5.32 Å². The number of hydrogen-bond donors (Lipinski definition) is 2. The minimum absolute atomic E-state index is 0.176. The van der Waals surface area contributed by atoms with Crippen LogP contribution in [0.5, 0.6) is 0 Å². The van der Waals surface area contributed by atoms with Gasteiger partial charge in [-0.2, -0.15) is 5.10 Å². The largest absolute Gasteiger partial charge is 0.320 e. The maximum absolute atomic E-state index is 11.4. The molecule has 2 rings (SSSR count). The molecule has 2 N–H and O–H groups in total. The number of anilines is 1. The average molecular weight is 213 g/mol. The van der Waals surface area contributed by atoms with Gasteiger partial charge in [0.05, 0.1) is 11.9 Å². The van der Waals surface area contributed by atoms with Crippen LogP contribution >= 0.6 is 0 Å². The molecule has 0 saturated heterocycles. The van der Waals surface area contributed by atoms with Gasteiger partial charge in [-0.15, -0.1) is 0 Å². The van der Waals surface area contributed by atoms with Gasteiger partial charge in [-0.1, -0.05) is 30.3 Å². The lowest BCUT2D eigenvalue weighted by Crippen LogP contribution is -2.06. The third kappa shape index (κ3) is 2.81. The minimum Gasteiger partial charge on any atom is -0.320 e. The number of rotatable bonds is 3. The smallest absolute Gasteiger partial charge is 0.248 e. The SMILES string of the molecule is O=C(/C=C/c1ccccc1)Nc1cn[nH]c1. The summed E-state index contributed by atoms with van der Waals surface area (Å²) in [4.78, 5) is 11.4. The number of carbonyl (C=O) groups is 1. The summed E-state index contributed by atoms with van der Waals surface area (Å²) < 4.78 is 0. The van der Waals surface area contributed by atoms with E-state index in [1.165, 1.54) is 6.08 Å². The van der Waals surface area contributed by atoms with Crippen molar-refractivity contribution < 1.29 is 4.79 Å². The molecule has 0 fully saturated rings. The summed E-state index contributed by atoms with van der Waals surface area (Å²) in [6, 6.07) is 9.65. The van der Waals surface area contributed by atoms with Crippen molar-refractivity contribution in [1.29, 1.82) is 0 Å². The fourth-order valence-electron chi connectivity index (χ4n) is 1.24. The Morgan fingerprint density at radius 1 is 1.31 bits per heavy atom. The Bertz CT molecular complexity index is 474. The first kappa shape index (κ1) is 10.2. The van der Waals surface area contributed by atoms with Crippen molar-refractivity contribution in [3.8, 4) is 0 Å². The third-order valence-electron chi connectivity index (χ3n) is 1.99. The van der Waals surface area contributed by atoms with Crippen LogP contribution in [0.4, 0.5) is 5.69 Å². The molecule has 4 nitrogen and oxygen atoms in total. The first-order valence-electron chi connectivity index (χ1n) is 4.87. The van der Waals surface area contributed by atoms with Gasteiger partial charge in [0.1, 0.15) is 0 Å². The van der Waals surface area contributed by atoms with Crippen LogP contribution in [0.15, 0.2) is 48.8 Å². The Labute approximate surface area is 93.0 Å². The van der Waals surface area contributed by atoms with Crippen LogP contribution in [0.2, 0.25) is 0 Å². The zero-order chi connectivity index (χ0) is 11.2. The standard InChI is InChI=1S/C12H11N3O/c16-12(15-11-8-13-14-9-11)7-6-10-4-2-1-3-5-10/h1-9H,(H,13,14)(H,15,16)/b7-6+. The molecule has 1 aromatic carbocycles. The molecule has 0 aliphatic rings. The molecule has 16 heavy (non-hydrogen) atoms. The molecule has 0 aliphatic carbocycles. The van der Waals surface area contributed by atoms with Crippen molar-refractivity contribution in [3.05, 3.63) is 54.4 Å². The Morgan fingerprint density at radius 2 is 2.12 bits per heavy atom. The zero-order valence-corrected chi connectivity index (χ0v) is 8.55. The molecule has 0 atom stereocenters. The number of nitrogens with one attached hydrogen (secondary N) is 2. The number of amides is 1. The topological polar surface area (TPSA) is 57.8 Å². The van der Waals surface area contributed by atoms with Crippen molar-refractivity contribution in [2.45, 2.75) is 0 Å². The molecule has 1 aromatic heterocycles. The van der Waals surface area contributed by atoms with Gasteiger partial charge in [-0.25, -0.2) is 0 Å². The van der Waals surface area contributed by atoms with Crippen LogP contribution < -0.4 is 5.32 Å². The monoisotopic (exact) mass is 213 g/mol. The van der Waals surface area contributed by atoms with E-state index in [-0.39, 0.29) is 5.91 Å². The van der Waals surface area contributed by atoms with E-state index in [2.05, 4.69) is 15.5 Å². The second-order valence-electron chi connectivity index (χ2n) is 3.22. The quantitative estimate of drug-likeness (QED) is 0.767. The summed E-state index contributed by atoms with van der Waals surface area (Å²) in [5.41, 5.74) is 1.65. The fraction of sp³-hybridized carbons (Fsp3) is 0. The van der Waals surface area contributed by atoms with Gasteiger partial charge < -0.3 is 5.32 Å². The Balaban J connectivity index is 1.95. The van der Waals surface area contributed by atoms with Crippen LogP contribution in [0, 0.1) is 0 Å². The molecule has 1 heterocycles. The van der Waals surface area contributed by atoms with E-state index in [0.717, 1.165) is 5.56 Å². The number of hydrogen-bond acceptors (Lipinski definition) is 2. The first-order valence-corrected chi connectivity index (χ1v) is 4.87. The fourth-order valence-corrected chi connectivity index (χ4v) is 1.24. The second-order valence-corrected chi connectivity index (χ2v) is 3.22. The predicted molar refractivity (Wildman–Crippen MR) is 62.7 cm³/mol. The van der Waals surface area contributed by atoms with Gasteiger partial charge in [-0.05, 0) is 11.6 Å². The number of nitrogens with zero attached hydrogens (tertiary/aromatic N) is 1. The predicted octanol–water partition coefficient (Wildman–Crippen LogP) is 2.06. The van der Waals surface area contributed by atoms with Crippen molar-refractivity contribution in [2.24, 2.45) is 0 Å². The average Bonchev–Trinajstić information content (AvgIpc) is 2.81. The van der Waals surface area contributed by atoms with Crippen LogP contribution in [0.25, 0.3) is 6.08 Å². The highest BCUT2D eigenvalue weighted by Gasteiger charge is 1.97. The summed E-state index contributed by atoms with van der Waals surface area (Å²) in [7, 11) is 0. The third-order valence-corrected chi connectivity index (χ3v) is 1.99. The van der Waals surface area contributed by atoms with Crippen molar-refractivity contribution >= 4 is 17.7 Å². The lowest BCUT2D eigenvalue weighted by atomic mass is 10.2. The Kier molecular flexibility index (Phi) is 3.13. The molecule has 80 valence electrons. The molecule has 0 unspecified atom stereocenters. The van der Waals surface area contributed by atoms with E-state index in [1.54, 1.807) is 18.5 Å². The van der Waals surface area contributed by atoms with E-state index in [0.29, 0.717) is 5.69 Å². The van der Waals surface area contributed by atoms with Crippen molar-refractivity contribution in [3.63, 3.8) is 0 Å². The first-order chi connectivity index (χ1) is 7.84. The zero-order valence-electron chi connectivity index (χ0n) is 8.55. The highest BCUT2D eigenvalue weighted by atomic mass is 16.1. The second kappa shape index (κ2) is 4.93. The molecule has 1 amide bonds. The Morgan fingerprint density at radius 3 is 2.81 bits per heavy atom. The minimum atomic E-state index is -0.176. The van der Waals surface area contributed by atoms with Crippen molar-refractivity contribution in [1.82, 2.24) is 10.2 Å². The summed E-state index contributed by atoms with van der Waals surface area (Å²) in [5, 5.41) is 9.02. The highest BCUT2D eigenvalue weighted by Crippen LogP contribution is 2.03. The number of aromatic amines is 1. The van der Waals surface area contributed by atoms with E-state index in [1.807, 2.05) is 30.3 Å². The molecule has 0 saturated carbocycles. The number of aromatic nitrogens is 2. The maximum atomic E-state index is 11.4. The van der Waals surface area contributed by atoms with E-state index < -0.39 is 0 Å². The van der Waals surface area contributed by atoms with Gasteiger partial charge in [0.25, 0.3) is 0 Å². The summed E-state index contributed by atoms with van der Waals surface area (Å²) in [6.07, 6.45) is 6.42. The maximum Gasteiger partial charge on any atom is 0.248 e. The van der Waals surface area contributed by atoms with Gasteiger partial charge in [-0.3, -0.25) is 9.89 Å². The molecule has 0 spiro atoms. The van der Waals surface area contributed by atoms with Gasteiger partial charge in [0.2, 0.25) is 5.91 Å². The lowest BCUT2D eigenvalue weighted by molar-refractivity contribution is -0.111. The molecular formula is C12H11N3O. The van der Waals surface area contributed by atoms with Gasteiger partial charge in [0, 0.05) is 12.3 Å². The van der Waals surface area contributed by atoms with Crippen LogP contribution in [0.1, 0.15) is 5.56 Å². The highest BCUT2D eigenvalue weighted by molar-refractivity contribution is 6.01.